The third-order valence-electron chi connectivity index (χ3n) is 4.20. The number of carbonyl (C=O) groups excluding carboxylic acids is 1. The molecule has 0 aliphatic carbocycles. The largest absolute Gasteiger partial charge is 0.497 e. The number of benzene rings is 2. The number of methoxy groups -OCH3 is 1. The summed E-state index contributed by atoms with van der Waals surface area (Å²) >= 11 is 0. The van der Waals surface area contributed by atoms with Crippen molar-refractivity contribution in [2.45, 2.75) is 33.2 Å². The van der Waals surface area contributed by atoms with Gasteiger partial charge in [-0.3, -0.25) is 4.79 Å². The van der Waals surface area contributed by atoms with E-state index in [0.717, 1.165) is 41.7 Å². The molecular formula is C23H32N4O3. The minimum absolute atomic E-state index is 0.0405. The second kappa shape index (κ2) is 13.1. The lowest BCUT2D eigenvalue weighted by Crippen LogP contribution is -2.39. The lowest BCUT2D eigenvalue weighted by molar-refractivity contribution is -0.116. The summed E-state index contributed by atoms with van der Waals surface area (Å²) in [7, 11) is 1.64. The number of amides is 1. The van der Waals surface area contributed by atoms with Crippen LogP contribution in [0.4, 0.5) is 5.69 Å². The number of carbonyl (C=O) groups is 1. The zero-order valence-electron chi connectivity index (χ0n) is 18.0. The lowest BCUT2D eigenvalue weighted by Gasteiger charge is -2.12. The lowest BCUT2D eigenvalue weighted by atomic mass is 10.2. The molecule has 0 atom stereocenters. The van der Waals surface area contributed by atoms with Gasteiger partial charge in [-0.05, 0) is 55.3 Å². The Morgan fingerprint density at radius 1 is 0.967 bits per heavy atom. The highest BCUT2D eigenvalue weighted by molar-refractivity contribution is 5.90. The normalized spacial score (nSPS) is 11.0. The predicted octanol–water partition coefficient (Wildman–Crippen LogP) is 3.57. The smallest absolute Gasteiger partial charge is 0.224 e. The van der Waals surface area contributed by atoms with Crippen LogP contribution in [0.2, 0.25) is 0 Å². The molecule has 0 saturated carbocycles. The van der Waals surface area contributed by atoms with Crippen molar-refractivity contribution in [3.8, 4) is 11.5 Å². The number of anilines is 1. The highest BCUT2D eigenvalue weighted by Crippen LogP contribution is 2.16. The Bertz CT molecular complexity index is 789. The number of hydrogen-bond donors (Lipinski definition) is 3. The van der Waals surface area contributed by atoms with Crippen LogP contribution in [-0.4, -0.2) is 38.7 Å². The molecule has 0 bridgehead atoms. The van der Waals surface area contributed by atoms with Gasteiger partial charge in [0.1, 0.15) is 18.1 Å². The molecule has 162 valence electrons. The molecule has 0 radical (unpaired) electrons. The SMILES string of the molecule is CCCC(=O)Nc1ccc(CN=C(NCC)NCCOc2ccc(OC)cc2)cc1. The Morgan fingerprint density at radius 3 is 2.30 bits per heavy atom. The topological polar surface area (TPSA) is 84.0 Å². The number of guanidine groups is 1. The summed E-state index contributed by atoms with van der Waals surface area (Å²) in [4.78, 5) is 16.3. The average Bonchev–Trinajstić information content (AvgIpc) is 2.76. The van der Waals surface area contributed by atoms with E-state index in [1.807, 2.05) is 62.4 Å². The van der Waals surface area contributed by atoms with E-state index in [4.69, 9.17) is 9.47 Å². The quantitative estimate of drug-likeness (QED) is 0.299. The molecule has 1 amide bonds. The van der Waals surface area contributed by atoms with Crippen molar-refractivity contribution in [2.75, 3.05) is 32.1 Å². The summed E-state index contributed by atoms with van der Waals surface area (Å²) in [6, 6.07) is 15.3. The van der Waals surface area contributed by atoms with E-state index >= 15 is 0 Å². The van der Waals surface area contributed by atoms with Gasteiger partial charge in [-0.15, -0.1) is 0 Å². The fourth-order valence-electron chi connectivity index (χ4n) is 2.67. The van der Waals surface area contributed by atoms with Crippen molar-refractivity contribution in [3.05, 3.63) is 54.1 Å². The number of rotatable bonds is 11. The van der Waals surface area contributed by atoms with Gasteiger partial charge >= 0.3 is 0 Å². The average molecular weight is 413 g/mol. The van der Waals surface area contributed by atoms with E-state index in [-0.39, 0.29) is 5.91 Å². The molecule has 0 aromatic heterocycles. The molecule has 0 saturated heterocycles. The third-order valence-corrected chi connectivity index (χ3v) is 4.20. The van der Waals surface area contributed by atoms with Crippen LogP contribution in [0.25, 0.3) is 0 Å². The van der Waals surface area contributed by atoms with Crippen LogP contribution in [0.15, 0.2) is 53.5 Å². The molecule has 3 N–H and O–H groups in total. The standard InChI is InChI=1S/C23H32N4O3/c1-4-6-22(28)27-19-9-7-18(8-10-19)17-26-23(24-5-2)25-15-16-30-21-13-11-20(29-3)12-14-21/h7-14H,4-6,15-17H2,1-3H3,(H,27,28)(H2,24,25,26). The van der Waals surface area contributed by atoms with E-state index in [2.05, 4.69) is 20.9 Å². The molecule has 2 aromatic carbocycles. The summed E-state index contributed by atoms with van der Waals surface area (Å²) in [6.45, 7) is 6.47. The van der Waals surface area contributed by atoms with Crippen LogP contribution >= 0.6 is 0 Å². The van der Waals surface area contributed by atoms with Crippen molar-refractivity contribution in [1.29, 1.82) is 0 Å². The number of ether oxygens (including phenoxy) is 2. The summed E-state index contributed by atoms with van der Waals surface area (Å²) in [5, 5.41) is 9.38. The Kier molecular flexibility index (Phi) is 10.1. The van der Waals surface area contributed by atoms with Crippen LogP contribution in [0.5, 0.6) is 11.5 Å². The number of hydrogen-bond acceptors (Lipinski definition) is 4. The van der Waals surface area contributed by atoms with Gasteiger partial charge in [0.05, 0.1) is 20.2 Å². The minimum atomic E-state index is 0.0405. The highest BCUT2D eigenvalue weighted by Gasteiger charge is 2.02. The first-order valence-electron chi connectivity index (χ1n) is 10.3. The molecule has 30 heavy (non-hydrogen) atoms. The second-order valence-corrected chi connectivity index (χ2v) is 6.64. The first kappa shape index (κ1) is 23.1. The van der Waals surface area contributed by atoms with Gasteiger partial charge in [0, 0.05) is 18.7 Å². The Morgan fingerprint density at radius 2 is 1.67 bits per heavy atom. The monoisotopic (exact) mass is 412 g/mol. The molecule has 0 aliphatic rings. The van der Waals surface area contributed by atoms with Crippen LogP contribution < -0.4 is 25.4 Å². The fraction of sp³-hybridized carbons (Fsp3) is 0.391. The van der Waals surface area contributed by atoms with E-state index in [9.17, 15) is 4.79 Å². The summed E-state index contributed by atoms with van der Waals surface area (Å²) in [5.41, 5.74) is 1.87. The van der Waals surface area contributed by atoms with Gasteiger partial charge in [-0.2, -0.15) is 0 Å². The zero-order valence-corrected chi connectivity index (χ0v) is 18.0. The fourth-order valence-corrected chi connectivity index (χ4v) is 2.67. The maximum Gasteiger partial charge on any atom is 0.224 e. The van der Waals surface area contributed by atoms with Gasteiger partial charge in [0.15, 0.2) is 5.96 Å². The van der Waals surface area contributed by atoms with Gasteiger partial charge in [-0.25, -0.2) is 4.99 Å². The summed E-state index contributed by atoms with van der Waals surface area (Å²) in [6.07, 6.45) is 1.37. The van der Waals surface area contributed by atoms with E-state index in [1.54, 1.807) is 7.11 Å². The maximum absolute atomic E-state index is 11.7. The van der Waals surface area contributed by atoms with Crippen LogP contribution in [-0.2, 0) is 11.3 Å². The number of nitrogens with zero attached hydrogens (tertiary/aromatic N) is 1. The highest BCUT2D eigenvalue weighted by atomic mass is 16.5. The molecule has 2 aromatic rings. The molecule has 0 unspecified atom stereocenters. The third kappa shape index (κ3) is 8.43. The van der Waals surface area contributed by atoms with Gasteiger partial charge in [0.2, 0.25) is 5.91 Å². The summed E-state index contributed by atoms with van der Waals surface area (Å²) in [5.74, 6) is 2.37. The summed E-state index contributed by atoms with van der Waals surface area (Å²) < 4.78 is 10.9. The van der Waals surface area contributed by atoms with Crippen LogP contribution in [0.3, 0.4) is 0 Å². The van der Waals surface area contributed by atoms with Crippen LogP contribution in [0, 0.1) is 0 Å². The number of nitrogens with one attached hydrogen (secondary N) is 3. The van der Waals surface area contributed by atoms with E-state index in [1.165, 1.54) is 0 Å². The van der Waals surface area contributed by atoms with Crippen molar-refractivity contribution in [2.24, 2.45) is 4.99 Å². The Balaban J connectivity index is 1.79. The molecule has 7 nitrogen and oxygen atoms in total. The van der Waals surface area contributed by atoms with Crippen molar-refractivity contribution in [1.82, 2.24) is 10.6 Å². The van der Waals surface area contributed by atoms with E-state index < -0.39 is 0 Å². The molecule has 0 spiro atoms. The zero-order chi connectivity index (χ0) is 21.6. The van der Waals surface area contributed by atoms with Crippen molar-refractivity contribution in [3.63, 3.8) is 0 Å². The van der Waals surface area contributed by atoms with E-state index in [0.29, 0.717) is 26.1 Å². The van der Waals surface area contributed by atoms with Gasteiger partial charge in [0.25, 0.3) is 0 Å². The Hall–Kier alpha value is -3.22. The van der Waals surface area contributed by atoms with Crippen molar-refractivity contribution >= 4 is 17.6 Å². The second-order valence-electron chi connectivity index (χ2n) is 6.64. The molecule has 0 aliphatic heterocycles. The predicted molar refractivity (Wildman–Crippen MR) is 121 cm³/mol. The molecule has 2 rings (SSSR count). The number of aliphatic imine (C=N–C) groups is 1. The van der Waals surface area contributed by atoms with Crippen LogP contribution in [0.1, 0.15) is 32.3 Å². The first-order valence-corrected chi connectivity index (χ1v) is 10.3. The molecule has 0 heterocycles. The maximum atomic E-state index is 11.7. The van der Waals surface area contributed by atoms with Gasteiger partial charge < -0.3 is 25.4 Å². The molecule has 7 heteroatoms. The van der Waals surface area contributed by atoms with Gasteiger partial charge in [-0.1, -0.05) is 19.1 Å². The Labute approximate surface area is 178 Å². The van der Waals surface area contributed by atoms with Crippen molar-refractivity contribution < 1.29 is 14.3 Å². The molecular weight excluding hydrogens is 380 g/mol. The first-order chi connectivity index (χ1) is 14.6. The minimum Gasteiger partial charge on any atom is -0.497 e. The molecule has 0 fully saturated rings.